The molecule has 0 aliphatic heterocycles. The van der Waals surface area contributed by atoms with Gasteiger partial charge in [-0.05, 0) is 12.3 Å². The second-order valence-electron chi connectivity index (χ2n) is 3.20. The highest BCUT2D eigenvalue weighted by atomic mass is 35.5. The number of hydrogen-bond donors (Lipinski definition) is 0. The monoisotopic (exact) mass is 172 g/mol. The van der Waals surface area contributed by atoms with Gasteiger partial charge in [0.1, 0.15) is 0 Å². The Bertz CT molecular complexity index is 240. The van der Waals surface area contributed by atoms with Crippen LogP contribution >= 0.6 is 11.6 Å². The lowest BCUT2D eigenvalue weighted by Crippen LogP contribution is -1.96. The minimum absolute atomic E-state index is 0.613. The first-order valence-corrected chi connectivity index (χ1v) is 4.15. The van der Waals surface area contributed by atoms with Gasteiger partial charge in [0.15, 0.2) is 0 Å². The number of aromatic nitrogens is 2. The Kier molecular flexibility index (Phi) is 2.55. The molecule has 0 saturated carbocycles. The maximum absolute atomic E-state index is 5.91. The fraction of sp³-hybridized carbons (Fsp3) is 0.625. The Morgan fingerprint density at radius 1 is 1.64 bits per heavy atom. The second kappa shape index (κ2) is 3.26. The van der Waals surface area contributed by atoms with Gasteiger partial charge in [0.05, 0.1) is 10.7 Å². The number of rotatable bonds is 2. The van der Waals surface area contributed by atoms with E-state index >= 15 is 0 Å². The number of nitrogens with zero attached hydrogens (tertiary/aromatic N) is 2. The highest BCUT2D eigenvalue weighted by Crippen LogP contribution is 2.16. The van der Waals surface area contributed by atoms with Crippen LogP contribution in [0.2, 0.25) is 5.02 Å². The Labute approximate surface area is 72.2 Å². The van der Waals surface area contributed by atoms with Gasteiger partial charge in [-0.25, -0.2) is 0 Å². The van der Waals surface area contributed by atoms with Crippen LogP contribution in [0.25, 0.3) is 0 Å². The third kappa shape index (κ3) is 2.22. The lowest BCUT2D eigenvalue weighted by Gasteiger charge is -1.99. The van der Waals surface area contributed by atoms with E-state index in [4.69, 9.17) is 11.6 Å². The summed E-state index contributed by atoms with van der Waals surface area (Å²) in [5.41, 5.74) is 1.00. The van der Waals surface area contributed by atoms with E-state index in [9.17, 15) is 0 Å². The van der Waals surface area contributed by atoms with Gasteiger partial charge in [-0.15, -0.1) is 0 Å². The van der Waals surface area contributed by atoms with Crippen molar-refractivity contribution in [2.75, 3.05) is 0 Å². The molecule has 0 aromatic carbocycles. The van der Waals surface area contributed by atoms with Crippen molar-refractivity contribution in [3.63, 3.8) is 0 Å². The van der Waals surface area contributed by atoms with Gasteiger partial charge in [-0.1, -0.05) is 25.4 Å². The van der Waals surface area contributed by atoms with E-state index in [1.807, 2.05) is 13.2 Å². The standard InChI is InChI=1S/C8H13ClN2/c1-6(2)4-8-7(9)5-11(3)10-8/h5-6H,4H2,1-3H3. The normalized spacial score (nSPS) is 11.0. The van der Waals surface area contributed by atoms with Crippen LogP contribution in [0, 0.1) is 5.92 Å². The molecule has 1 aromatic rings. The maximum Gasteiger partial charge on any atom is 0.0817 e. The van der Waals surface area contributed by atoms with E-state index in [0.717, 1.165) is 17.1 Å². The van der Waals surface area contributed by atoms with Crippen LogP contribution in [-0.2, 0) is 13.5 Å². The summed E-state index contributed by atoms with van der Waals surface area (Å²) in [4.78, 5) is 0. The quantitative estimate of drug-likeness (QED) is 0.669. The molecular weight excluding hydrogens is 160 g/mol. The van der Waals surface area contributed by atoms with Crippen molar-refractivity contribution < 1.29 is 0 Å². The van der Waals surface area contributed by atoms with Crippen LogP contribution in [0.15, 0.2) is 6.20 Å². The second-order valence-corrected chi connectivity index (χ2v) is 3.60. The topological polar surface area (TPSA) is 17.8 Å². The SMILES string of the molecule is CC(C)Cc1nn(C)cc1Cl. The summed E-state index contributed by atoms with van der Waals surface area (Å²) < 4.78 is 1.75. The number of halogens is 1. The van der Waals surface area contributed by atoms with E-state index in [-0.39, 0.29) is 0 Å². The van der Waals surface area contributed by atoms with Crippen LogP contribution < -0.4 is 0 Å². The minimum atomic E-state index is 0.613. The lowest BCUT2D eigenvalue weighted by molar-refractivity contribution is 0.620. The van der Waals surface area contributed by atoms with Gasteiger partial charge >= 0.3 is 0 Å². The summed E-state index contributed by atoms with van der Waals surface area (Å²) in [6, 6.07) is 0. The van der Waals surface area contributed by atoms with Gasteiger partial charge in [0, 0.05) is 13.2 Å². The summed E-state index contributed by atoms with van der Waals surface area (Å²) >= 11 is 5.91. The average Bonchev–Trinajstić information content (AvgIpc) is 2.09. The lowest BCUT2D eigenvalue weighted by atomic mass is 10.1. The van der Waals surface area contributed by atoms with Gasteiger partial charge in [0.2, 0.25) is 0 Å². The molecule has 0 atom stereocenters. The zero-order valence-corrected chi connectivity index (χ0v) is 7.89. The molecule has 0 unspecified atom stereocenters. The molecule has 1 aromatic heterocycles. The summed E-state index contributed by atoms with van der Waals surface area (Å²) in [6.45, 7) is 4.32. The molecule has 0 fully saturated rings. The molecule has 0 spiro atoms. The fourth-order valence-electron chi connectivity index (χ4n) is 1.03. The van der Waals surface area contributed by atoms with Gasteiger partial charge in [-0.3, -0.25) is 4.68 Å². The molecule has 0 amide bonds. The van der Waals surface area contributed by atoms with E-state index < -0.39 is 0 Å². The molecule has 0 N–H and O–H groups in total. The molecule has 1 rings (SSSR count). The van der Waals surface area contributed by atoms with Gasteiger partial charge in [0.25, 0.3) is 0 Å². The zero-order valence-electron chi connectivity index (χ0n) is 7.13. The van der Waals surface area contributed by atoms with Crippen molar-refractivity contribution in [2.45, 2.75) is 20.3 Å². The Morgan fingerprint density at radius 3 is 2.64 bits per heavy atom. The molecule has 0 saturated heterocycles. The van der Waals surface area contributed by atoms with Crippen molar-refractivity contribution in [2.24, 2.45) is 13.0 Å². The first-order valence-electron chi connectivity index (χ1n) is 3.77. The van der Waals surface area contributed by atoms with Gasteiger partial charge < -0.3 is 0 Å². The van der Waals surface area contributed by atoms with Crippen LogP contribution in [0.3, 0.4) is 0 Å². The highest BCUT2D eigenvalue weighted by molar-refractivity contribution is 6.31. The summed E-state index contributed by atoms with van der Waals surface area (Å²) in [5, 5.41) is 5.01. The molecule has 2 nitrogen and oxygen atoms in total. The molecular formula is C8H13ClN2. The molecule has 3 heteroatoms. The van der Waals surface area contributed by atoms with Crippen molar-refractivity contribution in [3.05, 3.63) is 16.9 Å². The summed E-state index contributed by atoms with van der Waals surface area (Å²) in [6.07, 6.45) is 2.79. The smallest absolute Gasteiger partial charge is 0.0817 e. The van der Waals surface area contributed by atoms with Gasteiger partial charge in [-0.2, -0.15) is 5.10 Å². The Hall–Kier alpha value is -0.500. The first-order chi connectivity index (χ1) is 5.09. The number of aryl methyl sites for hydroxylation is 1. The van der Waals surface area contributed by atoms with Crippen molar-refractivity contribution >= 4 is 11.6 Å². The van der Waals surface area contributed by atoms with Crippen LogP contribution in [0.4, 0.5) is 0 Å². The molecule has 11 heavy (non-hydrogen) atoms. The molecule has 0 aliphatic carbocycles. The highest BCUT2D eigenvalue weighted by Gasteiger charge is 2.06. The minimum Gasteiger partial charge on any atom is -0.274 e. The van der Waals surface area contributed by atoms with Crippen molar-refractivity contribution in [1.29, 1.82) is 0 Å². The fourth-order valence-corrected chi connectivity index (χ4v) is 1.29. The predicted octanol–water partition coefficient (Wildman–Crippen LogP) is 2.27. The van der Waals surface area contributed by atoms with E-state index in [0.29, 0.717) is 5.92 Å². The summed E-state index contributed by atoms with van der Waals surface area (Å²) in [5.74, 6) is 0.613. The first kappa shape index (κ1) is 8.60. The molecule has 62 valence electrons. The Morgan fingerprint density at radius 2 is 2.27 bits per heavy atom. The predicted molar refractivity (Wildman–Crippen MR) is 46.8 cm³/mol. The third-order valence-electron chi connectivity index (χ3n) is 1.46. The van der Waals surface area contributed by atoms with E-state index in [1.165, 1.54) is 0 Å². The largest absolute Gasteiger partial charge is 0.274 e. The van der Waals surface area contributed by atoms with Crippen LogP contribution in [0.5, 0.6) is 0 Å². The zero-order chi connectivity index (χ0) is 8.43. The van der Waals surface area contributed by atoms with E-state index in [1.54, 1.807) is 4.68 Å². The van der Waals surface area contributed by atoms with Crippen LogP contribution in [-0.4, -0.2) is 9.78 Å². The Balaban J connectivity index is 2.77. The van der Waals surface area contributed by atoms with Crippen molar-refractivity contribution in [1.82, 2.24) is 9.78 Å². The maximum atomic E-state index is 5.91. The van der Waals surface area contributed by atoms with E-state index in [2.05, 4.69) is 18.9 Å². The number of hydrogen-bond acceptors (Lipinski definition) is 1. The molecule has 1 heterocycles. The average molecular weight is 173 g/mol. The third-order valence-corrected chi connectivity index (χ3v) is 1.77. The van der Waals surface area contributed by atoms with Crippen LogP contribution in [0.1, 0.15) is 19.5 Å². The molecule has 0 radical (unpaired) electrons. The van der Waals surface area contributed by atoms with Crippen molar-refractivity contribution in [3.8, 4) is 0 Å². The molecule has 0 aliphatic rings. The summed E-state index contributed by atoms with van der Waals surface area (Å²) in [7, 11) is 1.88. The molecule has 0 bridgehead atoms.